The molecule has 0 spiro atoms. The average Bonchev–Trinajstić information content (AvgIpc) is 3.95. The van der Waals surface area contributed by atoms with Gasteiger partial charge in [-0.15, -0.1) is 0 Å². The minimum absolute atomic E-state index is 0.138. The van der Waals surface area contributed by atoms with E-state index >= 15 is 0 Å². The summed E-state index contributed by atoms with van der Waals surface area (Å²) in [4.78, 5) is 64.5. The molecular formula is C40H45N13O6. The summed E-state index contributed by atoms with van der Waals surface area (Å²) in [5, 5.41) is 14.8. The molecule has 19 heteroatoms. The number of hydrogen-bond acceptors (Lipinski definition) is 11. The van der Waals surface area contributed by atoms with E-state index in [0.717, 1.165) is 19.5 Å². The lowest BCUT2D eigenvalue weighted by molar-refractivity contribution is 0.0489. The van der Waals surface area contributed by atoms with Crippen LogP contribution >= 0.6 is 0 Å². The van der Waals surface area contributed by atoms with Crippen LogP contribution in [0.25, 0.3) is 22.1 Å². The van der Waals surface area contributed by atoms with Crippen LogP contribution in [0.15, 0.2) is 48.6 Å². The molecule has 6 aromatic rings. The first kappa shape index (κ1) is 38.8. The van der Waals surface area contributed by atoms with Crippen molar-refractivity contribution >= 4 is 57.6 Å². The van der Waals surface area contributed by atoms with Crippen LogP contribution in [0.2, 0.25) is 0 Å². The van der Waals surface area contributed by atoms with Gasteiger partial charge in [0.15, 0.2) is 0 Å². The fourth-order valence-electron chi connectivity index (χ4n) is 7.48. The number of nitrogens with zero attached hydrogens (tertiary/aromatic N) is 9. The Morgan fingerprint density at radius 2 is 1.14 bits per heavy atom. The fourth-order valence-corrected chi connectivity index (χ4v) is 7.48. The largest absolute Gasteiger partial charge is 0.490 e. The highest BCUT2D eigenvalue weighted by molar-refractivity contribution is 6.05. The molecular weight excluding hydrogens is 759 g/mol. The average molecular weight is 804 g/mol. The van der Waals surface area contributed by atoms with Gasteiger partial charge in [-0.1, -0.05) is 12.2 Å². The lowest BCUT2D eigenvalue weighted by Gasteiger charge is -2.38. The molecule has 0 unspecified atom stereocenters. The Morgan fingerprint density at radius 3 is 1.51 bits per heavy atom. The molecule has 0 radical (unpaired) electrons. The summed E-state index contributed by atoms with van der Waals surface area (Å²) in [7, 11) is 0. The Morgan fingerprint density at radius 1 is 0.695 bits per heavy atom. The molecule has 0 bridgehead atoms. The summed E-state index contributed by atoms with van der Waals surface area (Å²) in [6.07, 6.45) is 4.73. The minimum Gasteiger partial charge on any atom is -0.490 e. The molecule has 59 heavy (non-hydrogen) atoms. The molecule has 19 nitrogen and oxygen atoms in total. The quantitative estimate of drug-likeness (QED) is 0.155. The van der Waals surface area contributed by atoms with E-state index in [9.17, 15) is 19.2 Å². The number of carbonyl (C=O) groups is 4. The molecule has 0 aliphatic carbocycles. The molecule has 6 heterocycles. The van der Waals surface area contributed by atoms with Crippen molar-refractivity contribution < 1.29 is 28.7 Å². The van der Waals surface area contributed by atoms with Crippen LogP contribution < -0.4 is 31.6 Å². The summed E-state index contributed by atoms with van der Waals surface area (Å²) in [5.41, 5.74) is 15.9. The zero-order valence-electron chi connectivity index (χ0n) is 33.2. The molecule has 2 aliphatic heterocycles. The second-order valence-corrected chi connectivity index (χ2v) is 14.5. The highest BCUT2D eigenvalue weighted by atomic mass is 16.5. The number of ether oxygens (including phenoxy) is 2. The van der Waals surface area contributed by atoms with Crippen molar-refractivity contribution in [3.63, 3.8) is 0 Å². The van der Waals surface area contributed by atoms with Gasteiger partial charge in [0.05, 0.1) is 28.5 Å². The summed E-state index contributed by atoms with van der Waals surface area (Å²) >= 11 is 0. The van der Waals surface area contributed by atoms with E-state index in [1.165, 1.54) is 0 Å². The Bertz CT molecular complexity index is 2510. The number of anilines is 2. The van der Waals surface area contributed by atoms with Gasteiger partial charge in [0, 0.05) is 37.3 Å². The van der Waals surface area contributed by atoms with Crippen LogP contribution in [0, 0.1) is 13.8 Å². The second-order valence-electron chi connectivity index (χ2n) is 14.5. The molecule has 8 rings (SSSR count). The third kappa shape index (κ3) is 7.47. The van der Waals surface area contributed by atoms with E-state index in [0.29, 0.717) is 69.4 Å². The molecule has 6 N–H and O–H groups in total. The van der Waals surface area contributed by atoms with Crippen molar-refractivity contribution in [1.29, 1.82) is 0 Å². The predicted octanol–water partition coefficient (Wildman–Crippen LogP) is 3.24. The smallest absolute Gasteiger partial charge is 0.276 e. The number of aryl methyl sites for hydroxylation is 4. The first-order valence-electron chi connectivity index (χ1n) is 19.5. The van der Waals surface area contributed by atoms with E-state index in [4.69, 9.17) is 30.9 Å². The molecule has 0 saturated carbocycles. The molecule has 2 aliphatic rings. The number of hydrogen-bond donors (Lipinski definition) is 4. The normalized spacial score (nSPS) is 15.5. The number of amides is 4. The van der Waals surface area contributed by atoms with E-state index in [-0.39, 0.29) is 55.4 Å². The number of likely N-dealkylation sites (tertiary alicyclic amines) is 1. The highest BCUT2D eigenvalue weighted by Gasteiger charge is 2.29. The Labute approximate surface area is 337 Å². The molecule has 4 aromatic heterocycles. The van der Waals surface area contributed by atoms with Crippen LogP contribution in [0.3, 0.4) is 0 Å². The van der Waals surface area contributed by atoms with Crippen LogP contribution in [0.5, 0.6) is 11.5 Å². The van der Waals surface area contributed by atoms with Crippen LogP contribution in [0.1, 0.15) is 73.3 Å². The van der Waals surface area contributed by atoms with Crippen molar-refractivity contribution in [1.82, 2.24) is 43.6 Å². The van der Waals surface area contributed by atoms with Crippen LogP contribution in [-0.2, 0) is 26.2 Å². The number of imidazole rings is 2. The minimum atomic E-state index is -0.668. The lowest BCUT2D eigenvalue weighted by atomic mass is 10.1. The number of aromatic nitrogens is 8. The van der Waals surface area contributed by atoms with E-state index in [1.54, 1.807) is 54.9 Å². The molecule has 1 saturated heterocycles. The number of nitrogens with two attached hydrogens (primary N) is 2. The van der Waals surface area contributed by atoms with Crippen molar-refractivity contribution in [3.8, 4) is 11.5 Å². The van der Waals surface area contributed by atoms with Gasteiger partial charge in [-0.2, -0.15) is 10.2 Å². The zero-order valence-corrected chi connectivity index (χ0v) is 33.2. The van der Waals surface area contributed by atoms with Crippen molar-refractivity contribution in [3.05, 3.63) is 82.5 Å². The molecule has 4 amide bonds. The van der Waals surface area contributed by atoms with Gasteiger partial charge in [-0.3, -0.25) is 44.1 Å². The maximum atomic E-state index is 13.8. The number of nitrogens with one attached hydrogen (secondary N) is 2. The maximum Gasteiger partial charge on any atom is 0.276 e. The van der Waals surface area contributed by atoms with Crippen molar-refractivity contribution in [2.24, 2.45) is 11.5 Å². The third-order valence-corrected chi connectivity index (χ3v) is 10.5. The first-order valence-corrected chi connectivity index (χ1v) is 19.5. The van der Waals surface area contributed by atoms with E-state index in [1.807, 2.05) is 39.8 Å². The molecule has 2 aromatic carbocycles. The molecule has 306 valence electrons. The van der Waals surface area contributed by atoms with Gasteiger partial charge >= 0.3 is 0 Å². The number of carbonyl (C=O) groups excluding carboxylic acids is 4. The summed E-state index contributed by atoms with van der Waals surface area (Å²) < 4.78 is 20.0. The topological polar surface area (TPSA) is 237 Å². The molecule has 1 fully saturated rings. The Balaban J connectivity index is 1.26. The van der Waals surface area contributed by atoms with Crippen LogP contribution in [0.4, 0.5) is 11.9 Å². The summed E-state index contributed by atoms with van der Waals surface area (Å²) in [5.74, 6) is -1.07. The lowest BCUT2D eigenvalue weighted by Crippen LogP contribution is -2.50. The first-order chi connectivity index (χ1) is 28.4. The SMILES string of the molecule is CCn1nc(C)cc1C(=O)Nc1nc2cc(C(N)=O)cc3c2n1C/C=C/Cn1c(NC(=O)c2cc(C)nn2CC)nc2cc(C(N)=O)cc(c21)OCC(N1CCC1)CO3. The number of benzene rings is 2. The predicted molar refractivity (Wildman–Crippen MR) is 218 cm³/mol. The second kappa shape index (κ2) is 15.7. The Hall–Kier alpha value is -7.02. The standard InChI is InChI=1S/C40H45N13O6/c1-5-52-29(14-22(3)47-52)37(56)45-39-43-27-16-24(35(41)54)18-31-33(27)50(39)12-7-8-13-51-34-28(44-40(51)46-38(57)30-15-23(4)48-53(30)6-2)17-25(36(42)55)19-32(34)59-21-26(20-58-31)49-10-9-11-49/h7-8,14-19,26H,5-6,9-13,20-21H2,1-4H3,(H2,41,54)(H2,42,55)(H,43,45,56)(H,44,46,57)/b8-7+. The number of allylic oxidation sites excluding steroid dienone is 2. The number of rotatable bonds is 9. The van der Waals surface area contributed by atoms with Crippen LogP contribution in [-0.4, -0.2) is 99.5 Å². The van der Waals surface area contributed by atoms with Gasteiger partial charge in [0.2, 0.25) is 23.7 Å². The van der Waals surface area contributed by atoms with Gasteiger partial charge in [-0.05, 0) is 83.6 Å². The fraction of sp³-hybridized carbons (Fsp3) is 0.350. The summed E-state index contributed by atoms with van der Waals surface area (Å²) in [6.45, 7) is 10.7. The monoisotopic (exact) mass is 803 g/mol. The van der Waals surface area contributed by atoms with Gasteiger partial charge in [0.25, 0.3) is 11.8 Å². The number of primary amides is 2. The van der Waals surface area contributed by atoms with Gasteiger partial charge in [-0.25, -0.2) is 9.97 Å². The highest BCUT2D eigenvalue weighted by Crippen LogP contribution is 2.34. The van der Waals surface area contributed by atoms with E-state index < -0.39 is 23.6 Å². The van der Waals surface area contributed by atoms with Gasteiger partial charge < -0.3 is 30.1 Å². The zero-order chi connectivity index (χ0) is 41.5. The van der Waals surface area contributed by atoms with Crippen molar-refractivity contribution in [2.75, 3.05) is 36.9 Å². The van der Waals surface area contributed by atoms with E-state index in [2.05, 4.69) is 25.7 Å². The third-order valence-electron chi connectivity index (χ3n) is 10.5. The maximum absolute atomic E-state index is 13.8. The Kier molecular flexibility index (Phi) is 10.4. The van der Waals surface area contributed by atoms with Gasteiger partial charge in [0.1, 0.15) is 47.1 Å². The molecule has 0 atom stereocenters. The summed E-state index contributed by atoms with van der Waals surface area (Å²) in [6, 6.07) is 9.43. The van der Waals surface area contributed by atoms with Crippen molar-refractivity contribution in [2.45, 2.75) is 66.3 Å².